The summed E-state index contributed by atoms with van der Waals surface area (Å²) in [6.07, 6.45) is 0. The van der Waals surface area contributed by atoms with Crippen molar-refractivity contribution in [3.8, 4) is 0 Å². The molecule has 0 aliphatic rings. The lowest BCUT2D eigenvalue weighted by atomic mass is 10.3. The summed E-state index contributed by atoms with van der Waals surface area (Å²) in [6.45, 7) is 5.98. The van der Waals surface area contributed by atoms with Crippen LogP contribution in [0, 0.1) is 6.92 Å². The Bertz CT molecular complexity index is 667. The van der Waals surface area contributed by atoms with Gasteiger partial charge in [0.2, 0.25) is 5.91 Å². The molecular weight excluding hydrogens is 343 g/mol. The van der Waals surface area contributed by atoms with E-state index >= 15 is 0 Å². The fourth-order valence-electron chi connectivity index (χ4n) is 1.97. The van der Waals surface area contributed by atoms with E-state index in [0.717, 1.165) is 5.82 Å². The van der Waals surface area contributed by atoms with Crippen LogP contribution in [-0.2, 0) is 4.79 Å². The van der Waals surface area contributed by atoms with E-state index < -0.39 is 0 Å². The topological polar surface area (TPSA) is 59.8 Å². The average molecular weight is 359 g/mol. The largest absolute Gasteiger partial charge is 0.323 e. The first-order chi connectivity index (χ1) is 10.4. The van der Waals surface area contributed by atoms with Crippen molar-refractivity contribution in [2.75, 3.05) is 11.1 Å². The van der Waals surface area contributed by atoms with E-state index in [1.165, 1.54) is 11.8 Å². The molecule has 1 N–H and O–H groups in total. The summed E-state index contributed by atoms with van der Waals surface area (Å²) < 4.78 is 1.99. The molecule has 118 valence electrons. The van der Waals surface area contributed by atoms with Gasteiger partial charge in [0.15, 0.2) is 5.16 Å². The van der Waals surface area contributed by atoms with Gasteiger partial charge in [-0.1, -0.05) is 41.0 Å². The number of halogens is 2. The van der Waals surface area contributed by atoms with Gasteiger partial charge in [0, 0.05) is 6.04 Å². The molecule has 5 nitrogen and oxygen atoms in total. The first-order valence-corrected chi connectivity index (χ1v) is 8.42. The van der Waals surface area contributed by atoms with Gasteiger partial charge in [0.05, 0.1) is 21.5 Å². The Morgan fingerprint density at radius 2 is 1.95 bits per heavy atom. The van der Waals surface area contributed by atoms with Gasteiger partial charge in [-0.2, -0.15) is 0 Å². The summed E-state index contributed by atoms with van der Waals surface area (Å²) in [5.74, 6) is 0.829. The Labute approximate surface area is 143 Å². The van der Waals surface area contributed by atoms with E-state index in [0.29, 0.717) is 20.9 Å². The number of nitrogens with one attached hydrogen (secondary N) is 1. The SMILES string of the molecule is Cc1nnc(SCC(=O)Nc2c(Cl)cccc2Cl)n1C(C)C. The Morgan fingerprint density at radius 3 is 2.55 bits per heavy atom. The third-order valence-corrected chi connectivity index (χ3v) is 4.48. The molecule has 22 heavy (non-hydrogen) atoms. The highest BCUT2D eigenvalue weighted by atomic mass is 35.5. The van der Waals surface area contributed by atoms with Crippen LogP contribution in [0.5, 0.6) is 0 Å². The molecule has 0 aliphatic heterocycles. The zero-order valence-corrected chi connectivity index (χ0v) is 14.8. The number of para-hydroxylation sites is 1. The molecule has 1 amide bonds. The predicted octanol–water partition coefficient (Wildman–Crippen LogP) is 4.21. The number of anilines is 1. The second kappa shape index (κ2) is 7.35. The first kappa shape index (κ1) is 17.1. The minimum Gasteiger partial charge on any atom is -0.323 e. The van der Waals surface area contributed by atoms with Crippen LogP contribution in [-0.4, -0.2) is 26.4 Å². The van der Waals surface area contributed by atoms with E-state index in [2.05, 4.69) is 15.5 Å². The van der Waals surface area contributed by atoms with Crippen LogP contribution in [0.2, 0.25) is 10.0 Å². The molecule has 0 saturated heterocycles. The Hall–Kier alpha value is -1.24. The van der Waals surface area contributed by atoms with Gasteiger partial charge in [-0.3, -0.25) is 4.79 Å². The van der Waals surface area contributed by atoms with Crippen molar-refractivity contribution in [3.63, 3.8) is 0 Å². The van der Waals surface area contributed by atoms with Crippen LogP contribution in [0.25, 0.3) is 0 Å². The fourth-order valence-corrected chi connectivity index (χ4v) is 3.37. The number of aryl methyl sites for hydroxylation is 1. The summed E-state index contributed by atoms with van der Waals surface area (Å²) in [5.41, 5.74) is 0.429. The minimum absolute atomic E-state index is 0.198. The highest BCUT2D eigenvalue weighted by molar-refractivity contribution is 7.99. The molecule has 0 aliphatic carbocycles. The summed E-state index contributed by atoms with van der Waals surface area (Å²) in [7, 11) is 0. The third-order valence-electron chi connectivity index (χ3n) is 2.91. The third kappa shape index (κ3) is 3.94. The van der Waals surface area contributed by atoms with E-state index in [-0.39, 0.29) is 17.7 Å². The van der Waals surface area contributed by atoms with E-state index in [9.17, 15) is 4.79 Å². The van der Waals surface area contributed by atoms with Crippen molar-refractivity contribution >= 4 is 46.6 Å². The number of carbonyl (C=O) groups excluding carboxylic acids is 1. The molecule has 1 aromatic heterocycles. The van der Waals surface area contributed by atoms with Crippen LogP contribution >= 0.6 is 35.0 Å². The van der Waals surface area contributed by atoms with Gasteiger partial charge in [-0.05, 0) is 32.9 Å². The van der Waals surface area contributed by atoms with Crippen LogP contribution < -0.4 is 5.32 Å². The standard InChI is InChI=1S/C14H16Cl2N4OS/c1-8(2)20-9(3)18-19-14(20)22-7-12(21)17-13-10(15)5-4-6-11(13)16/h4-6,8H,7H2,1-3H3,(H,17,21). The normalized spacial score (nSPS) is 11.0. The monoisotopic (exact) mass is 358 g/mol. The van der Waals surface area contributed by atoms with Crippen LogP contribution in [0.4, 0.5) is 5.69 Å². The molecule has 8 heteroatoms. The molecule has 0 saturated carbocycles. The molecule has 0 fully saturated rings. The molecule has 0 atom stereocenters. The van der Waals surface area contributed by atoms with Gasteiger partial charge in [0.1, 0.15) is 5.82 Å². The molecule has 0 unspecified atom stereocenters. The number of benzene rings is 1. The smallest absolute Gasteiger partial charge is 0.234 e. The minimum atomic E-state index is -0.198. The summed E-state index contributed by atoms with van der Waals surface area (Å²) >= 11 is 13.4. The highest BCUT2D eigenvalue weighted by Crippen LogP contribution is 2.30. The first-order valence-electron chi connectivity index (χ1n) is 6.68. The second-order valence-corrected chi connectivity index (χ2v) is 6.68. The van der Waals surface area contributed by atoms with E-state index in [1.807, 2.05) is 25.3 Å². The van der Waals surface area contributed by atoms with Crippen molar-refractivity contribution < 1.29 is 4.79 Å². The summed E-state index contributed by atoms with van der Waals surface area (Å²) in [5, 5.41) is 12.4. The number of amides is 1. The number of carbonyl (C=O) groups is 1. The van der Waals surface area contributed by atoms with E-state index in [4.69, 9.17) is 23.2 Å². The molecule has 0 spiro atoms. The molecular formula is C14H16Cl2N4OS. The van der Waals surface area contributed by atoms with Crippen molar-refractivity contribution in [1.29, 1.82) is 0 Å². The lowest BCUT2D eigenvalue weighted by Gasteiger charge is -2.12. The predicted molar refractivity (Wildman–Crippen MR) is 91.0 cm³/mol. The van der Waals surface area contributed by atoms with Gasteiger partial charge < -0.3 is 9.88 Å². The maximum atomic E-state index is 12.1. The molecule has 1 heterocycles. The lowest BCUT2D eigenvalue weighted by Crippen LogP contribution is -2.15. The molecule has 2 rings (SSSR count). The van der Waals surface area contributed by atoms with Crippen LogP contribution in [0.15, 0.2) is 23.4 Å². The van der Waals surface area contributed by atoms with Crippen molar-refractivity contribution in [3.05, 3.63) is 34.1 Å². The van der Waals surface area contributed by atoms with Gasteiger partial charge in [0.25, 0.3) is 0 Å². The molecule has 1 aromatic carbocycles. The summed E-state index contributed by atoms with van der Waals surface area (Å²) in [6, 6.07) is 5.31. The molecule has 2 aromatic rings. The number of aromatic nitrogens is 3. The van der Waals surface area contributed by atoms with Crippen LogP contribution in [0.3, 0.4) is 0 Å². The highest BCUT2D eigenvalue weighted by Gasteiger charge is 2.15. The zero-order chi connectivity index (χ0) is 16.3. The Balaban J connectivity index is 2.02. The van der Waals surface area contributed by atoms with Crippen LogP contribution in [0.1, 0.15) is 25.7 Å². The maximum Gasteiger partial charge on any atom is 0.234 e. The number of thioether (sulfide) groups is 1. The quantitative estimate of drug-likeness (QED) is 0.813. The summed E-state index contributed by atoms with van der Waals surface area (Å²) in [4.78, 5) is 12.1. The average Bonchev–Trinajstić information content (AvgIpc) is 2.82. The number of hydrogen-bond acceptors (Lipinski definition) is 4. The number of hydrogen-bond donors (Lipinski definition) is 1. The van der Waals surface area contributed by atoms with Gasteiger partial charge >= 0.3 is 0 Å². The molecule has 0 radical (unpaired) electrons. The van der Waals surface area contributed by atoms with Gasteiger partial charge in [-0.15, -0.1) is 10.2 Å². The van der Waals surface area contributed by atoms with E-state index in [1.54, 1.807) is 18.2 Å². The number of nitrogens with zero attached hydrogens (tertiary/aromatic N) is 3. The van der Waals surface area contributed by atoms with Crippen molar-refractivity contribution in [2.45, 2.75) is 32.0 Å². The van der Waals surface area contributed by atoms with Crippen molar-refractivity contribution in [1.82, 2.24) is 14.8 Å². The zero-order valence-electron chi connectivity index (χ0n) is 12.4. The Kier molecular flexibility index (Phi) is 5.72. The lowest BCUT2D eigenvalue weighted by molar-refractivity contribution is -0.113. The molecule has 0 bridgehead atoms. The fraction of sp³-hybridized carbons (Fsp3) is 0.357. The van der Waals surface area contributed by atoms with Gasteiger partial charge in [-0.25, -0.2) is 0 Å². The maximum absolute atomic E-state index is 12.1. The van der Waals surface area contributed by atoms with Crippen molar-refractivity contribution in [2.24, 2.45) is 0 Å². The number of rotatable bonds is 5. The second-order valence-electron chi connectivity index (χ2n) is 4.93. The Morgan fingerprint density at radius 1 is 1.32 bits per heavy atom.